The number of carbonyl (C=O) groups is 1. The van der Waals surface area contributed by atoms with Gasteiger partial charge in [0.1, 0.15) is 6.10 Å². The van der Waals surface area contributed by atoms with Gasteiger partial charge in [-0.15, -0.1) is 0 Å². The summed E-state index contributed by atoms with van der Waals surface area (Å²) in [6, 6.07) is 0. The molecule has 2 aliphatic carbocycles. The lowest BCUT2D eigenvalue weighted by Gasteiger charge is -2.27. The number of hydrogen-bond acceptors (Lipinski definition) is 4. The lowest BCUT2D eigenvalue weighted by atomic mass is 9.79. The SMILES string of the molecule is C=C1[C@H]2[C@@H](C[C@@H]1O)C(=C)C[C@H](O)C1C(C)C(=O)O[C@@H]12. The van der Waals surface area contributed by atoms with Crippen LogP contribution in [0.5, 0.6) is 0 Å². The number of fused-ring (bicyclic) bond motifs is 3. The van der Waals surface area contributed by atoms with Crippen LogP contribution >= 0.6 is 0 Å². The predicted octanol–water partition coefficient (Wildman–Crippen LogP) is 1.04. The zero-order chi connectivity index (χ0) is 13.9. The van der Waals surface area contributed by atoms with E-state index in [4.69, 9.17) is 4.74 Å². The molecule has 3 fully saturated rings. The predicted molar refractivity (Wildman–Crippen MR) is 69.0 cm³/mol. The van der Waals surface area contributed by atoms with Crippen molar-refractivity contribution >= 4 is 5.97 Å². The maximum atomic E-state index is 11.8. The van der Waals surface area contributed by atoms with Gasteiger partial charge in [-0.05, 0) is 24.3 Å². The highest BCUT2D eigenvalue weighted by atomic mass is 16.6. The summed E-state index contributed by atoms with van der Waals surface area (Å²) >= 11 is 0. The molecule has 0 amide bonds. The minimum atomic E-state index is -0.602. The molecule has 4 heteroatoms. The largest absolute Gasteiger partial charge is 0.461 e. The van der Waals surface area contributed by atoms with Crippen LogP contribution in [0.2, 0.25) is 0 Å². The monoisotopic (exact) mass is 264 g/mol. The van der Waals surface area contributed by atoms with Crippen molar-refractivity contribution in [1.82, 2.24) is 0 Å². The Labute approximate surface area is 112 Å². The second-order valence-corrected chi connectivity index (χ2v) is 6.16. The van der Waals surface area contributed by atoms with Crippen LogP contribution in [0.25, 0.3) is 0 Å². The van der Waals surface area contributed by atoms with Crippen LogP contribution in [-0.2, 0) is 9.53 Å². The zero-order valence-corrected chi connectivity index (χ0v) is 11.1. The molecule has 2 N–H and O–H groups in total. The lowest BCUT2D eigenvalue weighted by Crippen LogP contribution is -2.35. The third kappa shape index (κ3) is 1.70. The first-order valence-electron chi connectivity index (χ1n) is 6.84. The lowest BCUT2D eigenvalue weighted by molar-refractivity contribution is -0.145. The van der Waals surface area contributed by atoms with Gasteiger partial charge in [-0.3, -0.25) is 4.79 Å². The topological polar surface area (TPSA) is 66.8 Å². The molecule has 19 heavy (non-hydrogen) atoms. The summed E-state index contributed by atoms with van der Waals surface area (Å²) in [5, 5.41) is 20.4. The van der Waals surface area contributed by atoms with Gasteiger partial charge < -0.3 is 14.9 Å². The highest BCUT2D eigenvalue weighted by Gasteiger charge is 2.56. The Morgan fingerprint density at radius 3 is 2.68 bits per heavy atom. The molecule has 104 valence electrons. The van der Waals surface area contributed by atoms with Crippen molar-refractivity contribution in [3.8, 4) is 0 Å². The van der Waals surface area contributed by atoms with Gasteiger partial charge in [0.25, 0.3) is 0 Å². The molecule has 7 atom stereocenters. The molecule has 0 aromatic heterocycles. The Balaban J connectivity index is 2.03. The van der Waals surface area contributed by atoms with Crippen LogP contribution in [0.4, 0.5) is 0 Å². The first-order chi connectivity index (χ1) is 8.91. The molecule has 0 aromatic carbocycles. The van der Waals surface area contributed by atoms with Gasteiger partial charge in [-0.25, -0.2) is 0 Å². The van der Waals surface area contributed by atoms with Crippen LogP contribution in [0, 0.1) is 23.7 Å². The summed E-state index contributed by atoms with van der Waals surface area (Å²) in [6.45, 7) is 9.82. The maximum Gasteiger partial charge on any atom is 0.309 e. The third-order valence-corrected chi connectivity index (χ3v) is 5.14. The van der Waals surface area contributed by atoms with Crippen LogP contribution in [-0.4, -0.2) is 34.5 Å². The Bertz CT molecular complexity index is 455. The maximum absolute atomic E-state index is 11.8. The molecular weight excluding hydrogens is 244 g/mol. The van der Waals surface area contributed by atoms with Crippen LogP contribution in [0.3, 0.4) is 0 Å². The van der Waals surface area contributed by atoms with E-state index in [9.17, 15) is 15.0 Å². The number of ether oxygens (including phenoxy) is 1. The summed E-state index contributed by atoms with van der Waals surface area (Å²) in [5.74, 6) is -0.823. The Hall–Kier alpha value is -1.13. The number of aliphatic hydroxyl groups is 2. The fraction of sp³-hybridized carbons (Fsp3) is 0.667. The van der Waals surface area contributed by atoms with Crippen molar-refractivity contribution in [3.05, 3.63) is 24.3 Å². The molecule has 0 aromatic rings. The van der Waals surface area contributed by atoms with Gasteiger partial charge in [0.05, 0.1) is 18.1 Å². The first-order valence-corrected chi connectivity index (χ1v) is 6.84. The molecule has 0 spiro atoms. The number of hydrogen-bond donors (Lipinski definition) is 2. The van der Waals surface area contributed by atoms with Crippen molar-refractivity contribution in [2.75, 3.05) is 0 Å². The smallest absolute Gasteiger partial charge is 0.309 e. The van der Waals surface area contributed by atoms with Crippen molar-refractivity contribution in [2.24, 2.45) is 23.7 Å². The highest BCUT2D eigenvalue weighted by molar-refractivity contribution is 5.75. The summed E-state index contributed by atoms with van der Waals surface area (Å²) in [5.41, 5.74) is 1.66. The fourth-order valence-electron chi connectivity index (χ4n) is 4.06. The molecular formula is C15H20O4. The van der Waals surface area contributed by atoms with E-state index >= 15 is 0 Å². The molecule has 3 aliphatic rings. The second-order valence-electron chi connectivity index (χ2n) is 6.16. The molecule has 1 heterocycles. The molecule has 0 radical (unpaired) electrons. The quantitative estimate of drug-likeness (QED) is 0.507. The van der Waals surface area contributed by atoms with E-state index < -0.39 is 12.2 Å². The van der Waals surface area contributed by atoms with E-state index in [1.165, 1.54) is 0 Å². The number of aliphatic hydroxyl groups excluding tert-OH is 2. The number of esters is 1. The van der Waals surface area contributed by atoms with Crippen LogP contribution in [0.15, 0.2) is 24.3 Å². The molecule has 2 saturated carbocycles. The summed E-state index contributed by atoms with van der Waals surface area (Å²) < 4.78 is 5.50. The van der Waals surface area contributed by atoms with Gasteiger partial charge in [0.15, 0.2) is 0 Å². The van der Waals surface area contributed by atoms with Crippen molar-refractivity contribution in [2.45, 2.75) is 38.1 Å². The molecule has 4 nitrogen and oxygen atoms in total. The third-order valence-electron chi connectivity index (χ3n) is 5.14. The normalized spacial score (nSPS) is 49.6. The second kappa shape index (κ2) is 4.18. The van der Waals surface area contributed by atoms with Crippen molar-refractivity contribution in [3.63, 3.8) is 0 Å². The van der Waals surface area contributed by atoms with E-state index in [1.54, 1.807) is 6.92 Å². The molecule has 1 saturated heterocycles. The Morgan fingerprint density at radius 1 is 1.32 bits per heavy atom. The van der Waals surface area contributed by atoms with E-state index in [-0.39, 0.29) is 35.7 Å². The molecule has 1 aliphatic heterocycles. The molecule has 2 unspecified atom stereocenters. The van der Waals surface area contributed by atoms with Gasteiger partial charge >= 0.3 is 5.97 Å². The Morgan fingerprint density at radius 2 is 2.00 bits per heavy atom. The van der Waals surface area contributed by atoms with Crippen LogP contribution < -0.4 is 0 Å². The van der Waals surface area contributed by atoms with Gasteiger partial charge in [0, 0.05) is 11.8 Å². The van der Waals surface area contributed by atoms with E-state index in [2.05, 4.69) is 13.2 Å². The number of rotatable bonds is 0. The van der Waals surface area contributed by atoms with E-state index in [0.717, 1.165) is 11.1 Å². The summed E-state index contributed by atoms with van der Waals surface area (Å²) in [6.07, 6.45) is -0.480. The Kier molecular flexibility index (Phi) is 2.84. The van der Waals surface area contributed by atoms with E-state index in [1.807, 2.05) is 0 Å². The van der Waals surface area contributed by atoms with Gasteiger partial charge in [-0.1, -0.05) is 25.7 Å². The van der Waals surface area contributed by atoms with Crippen LogP contribution in [0.1, 0.15) is 19.8 Å². The number of carbonyl (C=O) groups excluding carboxylic acids is 1. The van der Waals surface area contributed by atoms with E-state index in [0.29, 0.717) is 12.8 Å². The highest BCUT2D eigenvalue weighted by Crippen LogP contribution is 2.52. The summed E-state index contributed by atoms with van der Waals surface area (Å²) in [4.78, 5) is 11.8. The minimum Gasteiger partial charge on any atom is -0.461 e. The van der Waals surface area contributed by atoms with Crippen molar-refractivity contribution in [1.29, 1.82) is 0 Å². The van der Waals surface area contributed by atoms with Gasteiger partial charge in [0.2, 0.25) is 0 Å². The molecule has 0 bridgehead atoms. The average molecular weight is 264 g/mol. The standard InChI is InChI=1S/C15H20O4/c1-6-4-11(17)13-8(3)15(18)19-14(13)12-7(2)10(16)5-9(6)12/h8-14,16-17H,1-2,4-5H2,3H3/t8?,9-,10-,11-,12-,13?,14+/m0/s1. The summed E-state index contributed by atoms with van der Waals surface area (Å²) in [7, 11) is 0. The average Bonchev–Trinajstić information content (AvgIpc) is 2.75. The zero-order valence-electron chi connectivity index (χ0n) is 11.1. The van der Waals surface area contributed by atoms with Gasteiger partial charge in [-0.2, -0.15) is 0 Å². The minimum absolute atomic E-state index is 0.0604. The first kappa shape index (κ1) is 12.9. The fourth-order valence-corrected chi connectivity index (χ4v) is 4.06. The molecule has 3 rings (SSSR count). The van der Waals surface area contributed by atoms with Crippen molar-refractivity contribution < 1.29 is 19.7 Å².